The molecule has 2 N–H and O–H groups in total. The highest BCUT2D eigenvalue weighted by Crippen LogP contribution is 2.49. The number of carbonyl (C=O) groups is 1. The van der Waals surface area contributed by atoms with Crippen LogP contribution in [0.25, 0.3) is 0 Å². The third-order valence-corrected chi connectivity index (χ3v) is 6.43. The molecular formula is C21H25N3O4. The second-order valence-corrected chi connectivity index (χ2v) is 7.98. The Labute approximate surface area is 163 Å². The second kappa shape index (κ2) is 6.74. The van der Waals surface area contributed by atoms with Crippen molar-refractivity contribution in [2.75, 3.05) is 7.05 Å². The molecule has 1 aromatic carbocycles. The van der Waals surface area contributed by atoms with Gasteiger partial charge in [-0.05, 0) is 25.3 Å². The van der Waals surface area contributed by atoms with Crippen molar-refractivity contribution in [3.8, 4) is 5.75 Å². The van der Waals surface area contributed by atoms with Crippen molar-refractivity contribution < 1.29 is 15.0 Å². The van der Waals surface area contributed by atoms with Crippen LogP contribution >= 0.6 is 0 Å². The van der Waals surface area contributed by atoms with Gasteiger partial charge in [-0.1, -0.05) is 43.2 Å². The topological polar surface area (TPSA) is 95.7 Å². The van der Waals surface area contributed by atoms with Crippen LogP contribution in [0, 0.1) is 0 Å². The average Bonchev–Trinajstić information content (AvgIpc) is 3.20. The zero-order valence-electron chi connectivity index (χ0n) is 16.1. The number of carbonyl (C=O) groups excluding carboxylic acids is 1. The van der Waals surface area contributed by atoms with Crippen LogP contribution in [0.15, 0.2) is 35.1 Å². The molecule has 0 unspecified atom stereocenters. The molecule has 1 fully saturated rings. The van der Waals surface area contributed by atoms with E-state index in [1.807, 2.05) is 37.3 Å². The van der Waals surface area contributed by atoms with E-state index >= 15 is 0 Å². The molecule has 1 aromatic heterocycles. The Morgan fingerprint density at radius 2 is 1.82 bits per heavy atom. The van der Waals surface area contributed by atoms with Crippen LogP contribution in [0.5, 0.6) is 5.75 Å². The molecule has 1 aliphatic heterocycles. The van der Waals surface area contributed by atoms with Crippen molar-refractivity contribution >= 4 is 5.91 Å². The Morgan fingerprint density at radius 1 is 1.18 bits per heavy atom. The minimum atomic E-state index is -1.05. The smallest absolute Gasteiger partial charge is 0.316 e. The highest BCUT2D eigenvalue weighted by molar-refractivity contribution is 5.95. The standard InChI is InChI=1S/C21H25N3O4/c1-13-12-24-15(20(28)23(13)2)16(25)19(27)22-18(24)17(26)21(10-6-7-11-21)14-8-4-3-5-9-14/h3-5,8-9,13,17,25-26H,6-7,10-12H2,1-2H3/t13-,17-/m0/s1. The number of nitrogens with zero attached hydrogens (tertiary/aromatic N) is 3. The minimum Gasteiger partial charge on any atom is -0.501 e. The molecule has 28 heavy (non-hydrogen) atoms. The molecule has 7 heteroatoms. The minimum absolute atomic E-state index is 0.0872. The number of hydrogen-bond acceptors (Lipinski definition) is 5. The molecule has 4 rings (SSSR count). The summed E-state index contributed by atoms with van der Waals surface area (Å²) < 4.78 is 1.54. The van der Waals surface area contributed by atoms with Crippen molar-refractivity contribution in [3.63, 3.8) is 0 Å². The highest BCUT2D eigenvalue weighted by Gasteiger charge is 2.46. The lowest BCUT2D eigenvalue weighted by atomic mass is 9.73. The summed E-state index contributed by atoms with van der Waals surface area (Å²) in [7, 11) is 1.64. The van der Waals surface area contributed by atoms with Gasteiger partial charge in [-0.2, -0.15) is 4.98 Å². The third kappa shape index (κ3) is 2.64. The maximum absolute atomic E-state index is 12.7. The van der Waals surface area contributed by atoms with E-state index in [9.17, 15) is 19.8 Å². The summed E-state index contributed by atoms with van der Waals surface area (Å²) in [6, 6.07) is 9.64. The lowest BCUT2D eigenvalue weighted by Crippen LogP contribution is -2.47. The SMILES string of the molecule is C[C@H]1Cn2c([C@H](O)C3(c4ccccc4)CCCC3)nc(=O)c(O)c2C(=O)N1C. The van der Waals surface area contributed by atoms with Gasteiger partial charge in [0.25, 0.3) is 5.91 Å². The Morgan fingerprint density at radius 3 is 2.46 bits per heavy atom. The molecule has 0 radical (unpaired) electrons. The number of likely N-dealkylation sites (N-methyl/N-ethyl adjacent to an activating group) is 1. The van der Waals surface area contributed by atoms with E-state index in [0.29, 0.717) is 6.54 Å². The molecule has 148 valence electrons. The summed E-state index contributed by atoms with van der Waals surface area (Å²) in [6.45, 7) is 2.24. The summed E-state index contributed by atoms with van der Waals surface area (Å²) in [4.78, 5) is 30.6. The summed E-state index contributed by atoms with van der Waals surface area (Å²) in [5, 5.41) is 21.8. The van der Waals surface area contributed by atoms with Gasteiger partial charge in [0.05, 0.1) is 0 Å². The van der Waals surface area contributed by atoms with Gasteiger partial charge in [-0.15, -0.1) is 0 Å². The molecule has 2 atom stereocenters. The molecule has 0 saturated heterocycles. The van der Waals surface area contributed by atoms with Gasteiger partial charge in [-0.3, -0.25) is 9.59 Å². The molecule has 1 saturated carbocycles. The summed E-state index contributed by atoms with van der Waals surface area (Å²) >= 11 is 0. The van der Waals surface area contributed by atoms with Crippen LogP contribution in [0.3, 0.4) is 0 Å². The first-order chi connectivity index (χ1) is 13.4. The molecule has 0 bridgehead atoms. The van der Waals surface area contributed by atoms with E-state index in [1.165, 1.54) is 9.47 Å². The highest BCUT2D eigenvalue weighted by atomic mass is 16.3. The normalized spacial score (nSPS) is 22.2. The van der Waals surface area contributed by atoms with Crippen LogP contribution in [-0.2, 0) is 12.0 Å². The van der Waals surface area contributed by atoms with Gasteiger partial charge < -0.3 is 19.7 Å². The molecule has 2 aliphatic rings. The van der Waals surface area contributed by atoms with Crippen molar-refractivity contribution in [3.05, 3.63) is 57.8 Å². The number of aliphatic hydroxyl groups excluding tert-OH is 1. The van der Waals surface area contributed by atoms with E-state index in [4.69, 9.17) is 0 Å². The quantitative estimate of drug-likeness (QED) is 0.845. The molecule has 1 aliphatic carbocycles. The Bertz CT molecular complexity index is 964. The predicted octanol–water partition coefficient (Wildman–Crippen LogP) is 1.97. The Kier molecular flexibility index (Phi) is 4.50. The van der Waals surface area contributed by atoms with Crippen LogP contribution in [0.1, 0.15) is 60.6 Å². The van der Waals surface area contributed by atoms with Crippen molar-refractivity contribution in [2.45, 2.75) is 56.7 Å². The molecule has 1 amide bonds. The van der Waals surface area contributed by atoms with E-state index in [2.05, 4.69) is 4.98 Å². The zero-order valence-corrected chi connectivity index (χ0v) is 16.1. The average molecular weight is 383 g/mol. The fourth-order valence-electron chi connectivity index (χ4n) is 4.67. The Hall–Kier alpha value is -2.67. The van der Waals surface area contributed by atoms with Crippen molar-refractivity contribution in [1.29, 1.82) is 0 Å². The lowest BCUT2D eigenvalue weighted by Gasteiger charge is -2.39. The van der Waals surface area contributed by atoms with Crippen LogP contribution in [0.2, 0.25) is 0 Å². The first-order valence-electron chi connectivity index (χ1n) is 9.71. The number of aliphatic hydroxyl groups is 1. The number of amides is 1. The number of rotatable bonds is 3. The molecular weight excluding hydrogens is 358 g/mol. The first-order valence-corrected chi connectivity index (χ1v) is 9.71. The fourth-order valence-corrected chi connectivity index (χ4v) is 4.67. The second-order valence-electron chi connectivity index (χ2n) is 7.98. The summed E-state index contributed by atoms with van der Waals surface area (Å²) in [5.41, 5.74) is -0.522. The first kappa shape index (κ1) is 18.7. The fraction of sp³-hybridized carbons (Fsp3) is 0.476. The van der Waals surface area contributed by atoms with Gasteiger partial charge in [0.2, 0.25) is 5.75 Å². The predicted molar refractivity (Wildman–Crippen MR) is 103 cm³/mol. The van der Waals surface area contributed by atoms with Crippen molar-refractivity contribution in [2.24, 2.45) is 0 Å². The largest absolute Gasteiger partial charge is 0.501 e. The number of hydrogen-bond donors (Lipinski definition) is 2. The van der Waals surface area contributed by atoms with Gasteiger partial charge in [-0.25, -0.2) is 0 Å². The van der Waals surface area contributed by atoms with Gasteiger partial charge in [0.15, 0.2) is 5.69 Å². The molecule has 7 nitrogen and oxygen atoms in total. The van der Waals surface area contributed by atoms with E-state index in [0.717, 1.165) is 31.2 Å². The van der Waals surface area contributed by atoms with Crippen LogP contribution < -0.4 is 5.56 Å². The molecule has 0 spiro atoms. The van der Waals surface area contributed by atoms with Gasteiger partial charge in [0.1, 0.15) is 11.9 Å². The Balaban J connectivity index is 1.91. The number of aromatic nitrogens is 2. The molecule has 2 heterocycles. The molecule has 2 aromatic rings. The summed E-state index contributed by atoms with van der Waals surface area (Å²) in [6.07, 6.45) is 2.44. The summed E-state index contributed by atoms with van der Waals surface area (Å²) in [5.74, 6) is -0.930. The number of benzene rings is 1. The van der Waals surface area contributed by atoms with Crippen molar-refractivity contribution in [1.82, 2.24) is 14.5 Å². The van der Waals surface area contributed by atoms with Crippen LogP contribution in [0.4, 0.5) is 0 Å². The maximum atomic E-state index is 12.7. The monoisotopic (exact) mass is 383 g/mol. The van der Waals surface area contributed by atoms with E-state index < -0.39 is 28.7 Å². The third-order valence-electron chi connectivity index (χ3n) is 6.43. The van der Waals surface area contributed by atoms with Gasteiger partial charge in [0, 0.05) is 25.0 Å². The van der Waals surface area contributed by atoms with Crippen LogP contribution in [-0.4, -0.2) is 43.7 Å². The van der Waals surface area contributed by atoms with Gasteiger partial charge >= 0.3 is 5.56 Å². The van der Waals surface area contributed by atoms with E-state index in [1.54, 1.807) is 7.05 Å². The zero-order chi connectivity index (χ0) is 20.1. The maximum Gasteiger partial charge on any atom is 0.316 e. The lowest BCUT2D eigenvalue weighted by molar-refractivity contribution is 0.0554. The number of aromatic hydroxyl groups is 1. The number of fused-ring (bicyclic) bond motifs is 1. The van der Waals surface area contributed by atoms with E-state index in [-0.39, 0.29) is 17.6 Å².